The molecule has 1 aliphatic rings. The molecule has 3 atom stereocenters. The Kier molecular flexibility index (Phi) is 8.90. The third kappa shape index (κ3) is 5.95. The summed E-state index contributed by atoms with van der Waals surface area (Å²) in [6, 6.07) is 7.95. The van der Waals surface area contributed by atoms with Crippen LogP contribution in [-0.2, 0) is 9.59 Å². The normalized spacial score (nSPS) is 18.0. The average molecular weight is 514 g/mol. The van der Waals surface area contributed by atoms with E-state index in [9.17, 15) is 14.0 Å². The van der Waals surface area contributed by atoms with Crippen molar-refractivity contribution in [2.24, 2.45) is 5.92 Å². The fourth-order valence-electron chi connectivity index (χ4n) is 4.60. The van der Waals surface area contributed by atoms with Crippen molar-refractivity contribution >= 4 is 29.0 Å². The molecule has 0 bridgehead atoms. The van der Waals surface area contributed by atoms with Gasteiger partial charge in [-0.2, -0.15) is 0 Å². The van der Waals surface area contributed by atoms with Crippen molar-refractivity contribution in [3.05, 3.63) is 83.0 Å². The second-order valence-electron chi connectivity index (χ2n) is 9.47. The molecule has 0 saturated carbocycles. The van der Waals surface area contributed by atoms with Crippen LogP contribution in [0.1, 0.15) is 68.2 Å². The molecule has 2 heterocycles. The Morgan fingerprint density at radius 3 is 2.47 bits per heavy atom. The first-order valence-electron chi connectivity index (χ1n) is 12.1. The Balaban J connectivity index is 1.73. The third-order valence-corrected chi connectivity index (χ3v) is 6.81. The van der Waals surface area contributed by atoms with Gasteiger partial charge in [0.15, 0.2) is 0 Å². The largest absolute Gasteiger partial charge is 0.360 e. The summed E-state index contributed by atoms with van der Waals surface area (Å²) >= 11 is 6.09. The molecule has 6 nitrogen and oxygen atoms in total. The number of rotatable bonds is 9. The number of amides is 2. The molecule has 1 saturated heterocycles. The van der Waals surface area contributed by atoms with E-state index in [4.69, 9.17) is 16.1 Å². The van der Waals surface area contributed by atoms with Crippen LogP contribution in [0, 0.1) is 12.8 Å². The van der Waals surface area contributed by atoms with Gasteiger partial charge < -0.3 is 14.7 Å². The zero-order valence-electron chi connectivity index (χ0n) is 21.2. The fourth-order valence-corrected chi connectivity index (χ4v) is 4.82. The van der Waals surface area contributed by atoms with Crippen molar-refractivity contribution in [2.75, 3.05) is 6.54 Å². The van der Waals surface area contributed by atoms with Gasteiger partial charge in [0.1, 0.15) is 23.5 Å². The molecule has 0 radical (unpaired) electrons. The Bertz CT molecular complexity index is 1170. The van der Waals surface area contributed by atoms with E-state index in [1.165, 1.54) is 6.08 Å². The highest BCUT2D eigenvalue weighted by atomic mass is 35.5. The van der Waals surface area contributed by atoms with E-state index in [1.807, 2.05) is 27.7 Å². The van der Waals surface area contributed by atoms with Crippen molar-refractivity contribution in [1.29, 1.82) is 0 Å². The van der Waals surface area contributed by atoms with Crippen molar-refractivity contribution in [1.82, 2.24) is 15.4 Å². The lowest BCUT2D eigenvalue weighted by Crippen LogP contribution is -2.48. The van der Waals surface area contributed by atoms with Crippen LogP contribution in [0.25, 0.3) is 5.57 Å². The first kappa shape index (κ1) is 27.4. The number of nitrogens with one attached hydrogen (secondary N) is 1. The van der Waals surface area contributed by atoms with Crippen LogP contribution in [0.15, 0.2) is 64.9 Å². The maximum atomic E-state index is 13.9. The highest BCUT2D eigenvalue weighted by molar-refractivity contribution is 6.35. The van der Waals surface area contributed by atoms with E-state index in [1.54, 1.807) is 35.2 Å². The lowest BCUT2D eigenvalue weighted by molar-refractivity contribution is -0.141. The summed E-state index contributed by atoms with van der Waals surface area (Å²) in [6.45, 7) is 15.0. The summed E-state index contributed by atoms with van der Waals surface area (Å²) in [7, 11) is 0. The minimum atomic E-state index is -0.653. The summed E-state index contributed by atoms with van der Waals surface area (Å²) < 4.78 is 19.3. The van der Waals surface area contributed by atoms with E-state index in [2.05, 4.69) is 23.6 Å². The Hall–Kier alpha value is -3.19. The molecule has 2 amide bonds. The summed E-state index contributed by atoms with van der Waals surface area (Å²) in [5.74, 6) is -0.977. The maximum Gasteiger partial charge on any atom is 0.243 e. The predicted molar refractivity (Wildman–Crippen MR) is 140 cm³/mol. The molecule has 3 unspecified atom stereocenters. The molecular formula is C28H33ClFN3O3. The zero-order chi connectivity index (χ0) is 26.6. The topological polar surface area (TPSA) is 75.4 Å². The SMILES string of the molecule is C=C/C(Cl)=C(\C(=C)F)c1ccc(C(C)NC(=O)C2CCCN2C(=O)C(c2cc(C)no2)C(C)C)cc1. The summed E-state index contributed by atoms with van der Waals surface area (Å²) in [6.07, 6.45) is 2.70. The number of carbonyl (C=O) groups is 2. The van der Waals surface area contributed by atoms with Gasteiger partial charge in [-0.15, -0.1) is 0 Å². The van der Waals surface area contributed by atoms with E-state index >= 15 is 0 Å². The average Bonchev–Trinajstić information content (AvgIpc) is 3.48. The molecule has 2 aromatic rings. The number of benzene rings is 1. The first-order valence-corrected chi connectivity index (χ1v) is 12.4. The maximum absolute atomic E-state index is 13.9. The number of nitrogens with zero attached hydrogens (tertiary/aromatic N) is 2. The van der Waals surface area contributed by atoms with Gasteiger partial charge in [0.2, 0.25) is 11.8 Å². The Labute approximate surface area is 216 Å². The summed E-state index contributed by atoms with van der Waals surface area (Å²) in [5.41, 5.74) is 2.28. The molecule has 8 heteroatoms. The van der Waals surface area contributed by atoms with Gasteiger partial charge in [0.25, 0.3) is 0 Å². The highest BCUT2D eigenvalue weighted by Gasteiger charge is 2.40. The van der Waals surface area contributed by atoms with Crippen molar-refractivity contribution < 1.29 is 18.5 Å². The van der Waals surface area contributed by atoms with Crippen LogP contribution in [-0.4, -0.2) is 34.5 Å². The third-order valence-electron chi connectivity index (χ3n) is 6.47. The summed E-state index contributed by atoms with van der Waals surface area (Å²) in [4.78, 5) is 28.4. The van der Waals surface area contributed by atoms with Crippen LogP contribution in [0.5, 0.6) is 0 Å². The molecule has 1 aromatic carbocycles. The number of aromatic nitrogens is 1. The lowest BCUT2D eigenvalue weighted by atomic mass is 9.91. The van der Waals surface area contributed by atoms with Crippen LogP contribution in [0.4, 0.5) is 4.39 Å². The Morgan fingerprint density at radius 2 is 1.94 bits per heavy atom. The summed E-state index contributed by atoms with van der Waals surface area (Å²) in [5, 5.41) is 7.13. The van der Waals surface area contributed by atoms with Gasteiger partial charge in [-0.25, -0.2) is 4.39 Å². The van der Waals surface area contributed by atoms with Crippen molar-refractivity contribution in [3.8, 4) is 0 Å². The van der Waals surface area contributed by atoms with E-state index < -0.39 is 17.8 Å². The van der Waals surface area contributed by atoms with E-state index in [-0.39, 0.29) is 34.4 Å². The molecular weight excluding hydrogens is 481 g/mol. The lowest BCUT2D eigenvalue weighted by Gasteiger charge is -2.29. The molecule has 1 aliphatic heterocycles. The second-order valence-corrected chi connectivity index (χ2v) is 9.87. The Morgan fingerprint density at radius 1 is 1.28 bits per heavy atom. The van der Waals surface area contributed by atoms with E-state index in [0.717, 1.165) is 12.0 Å². The molecule has 0 spiro atoms. The zero-order valence-corrected chi connectivity index (χ0v) is 21.9. The minimum absolute atomic E-state index is 0.0134. The fraction of sp³-hybridized carbons (Fsp3) is 0.393. The molecule has 3 rings (SSSR count). The van der Waals surface area contributed by atoms with Crippen LogP contribution < -0.4 is 5.32 Å². The van der Waals surface area contributed by atoms with Gasteiger partial charge in [-0.05, 0) is 43.7 Å². The standard InChI is InChI=1S/C28H33ClFN3O3/c1-7-22(29)26(18(5)30)21-12-10-20(11-13-21)19(6)31-27(34)23-9-8-14-33(23)28(35)25(16(2)3)24-15-17(4)32-36-24/h7,10-13,15-16,19,23,25H,1,5,8-9,14H2,2-4,6H3,(H,31,34)/b26-22-. The minimum Gasteiger partial charge on any atom is -0.360 e. The molecule has 36 heavy (non-hydrogen) atoms. The van der Waals surface area contributed by atoms with Gasteiger partial charge in [0, 0.05) is 18.2 Å². The predicted octanol–water partition coefficient (Wildman–Crippen LogP) is 6.21. The molecule has 1 aromatic heterocycles. The quantitative estimate of drug-likeness (QED) is 0.404. The van der Waals surface area contributed by atoms with Crippen molar-refractivity contribution in [3.63, 3.8) is 0 Å². The number of aryl methyl sites for hydroxylation is 1. The van der Waals surface area contributed by atoms with E-state index in [0.29, 0.717) is 30.0 Å². The first-order chi connectivity index (χ1) is 17.0. The molecule has 1 N–H and O–H groups in total. The molecule has 1 fully saturated rings. The highest BCUT2D eigenvalue weighted by Crippen LogP contribution is 2.32. The number of allylic oxidation sites excluding steroid dienone is 4. The van der Waals surface area contributed by atoms with Crippen LogP contribution in [0.2, 0.25) is 0 Å². The number of hydrogen-bond donors (Lipinski definition) is 1. The smallest absolute Gasteiger partial charge is 0.243 e. The molecule has 192 valence electrons. The van der Waals surface area contributed by atoms with Crippen LogP contribution in [0.3, 0.4) is 0 Å². The number of hydrogen-bond acceptors (Lipinski definition) is 4. The monoisotopic (exact) mass is 513 g/mol. The van der Waals surface area contributed by atoms with Gasteiger partial charge in [-0.1, -0.05) is 74.1 Å². The second kappa shape index (κ2) is 11.7. The number of carbonyl (C=O) groups excluding carboxylic acids is 2. The van der Waals surface area contributed by atoms with Crippen molar-refractivity contribution in [2.45, 2.75) is 58.5 Å². The van der Waals surface area contributed by atoms with Gasteiger partial charge in [-0.3, -0.25) is 9.59 Å². The van der Waals surface area contributed by atoms with Gasteiger partial charge >= 0.3 is 0 Å². The molecule has 0 aliphatic carbocycles. The number of halogens is 2. The van der Waals surface area contributed by atoms with Gasteiger partial charge in [0.05, 0.1) is 16.8 Å². The number of likely N-dealkylation sites (tertiary alicyclic amines) is 1. The van der Waals surface area contributed by atoms with Crippen LogP contribution >= 0.6 is 11.6 Å².